The normalized spacial score (nSPS) is 16.6. The van der Waals surface area contributed by atoms with Crippen molar-refractivity contribution in [2.45, 2.75) is 37.4 Å². The number of rotatable bonds is 13. The highest BCUT2D eigenvalue weighted by Crippen LogP contribution is 2.19. The van der Waals surface area contributed by atoms with Gasteiger partial charge in [0.05, 0.1) is 6.42 Å². The molecule has 3 atom stereocenters. The number of aliphatic carboxylic acids is 2. The van der Waals surface area contributed by atoms with Crippen molar-refractivity contribution < 1.29 is 39.0 Å². The van der Waals surface area contributed by atoms with Crippen LogP contribution in [0, 0.1) is 0 Å². The van der Waals surface area contributed by atoms with E-state index in [0.29, 0.717) is 11.3 Å². The number of guanidine groups is 1. The monoisotopic (exact) mass is 519 g/mol. The van der Waals surface area contributed by atoms with Gasteiger partial charge in [-0.05, 0) is 18.4 Å². The Hall–Kier alpha value is -4.69. The van der Waals surface area contributed by atoms with E-state index in [1.54, 1.807) is 18.2 Å². The van der Waals surface area contributed by atoms with Gasteiger partial charge in [-0.25, -0.2) is 9.59 Å². The van der Waals surface area contributed by atoms with Gasteiger partial charge in [0.15, 0.2) is 12.0 Å². The molecule has 0 saturated carbocycles. The first-order chi connectivity index (χ1) is 17.4. The SMILES string of the molecule is CN1C(=O)N(CC(=O)NC(CC(=O)O)C(=O)NC(C(=O)O)c2ccccc2)C(=O)C1CCCN=C(N)N. The topological polar surface area (TPSA) is 238 Å². The van der Waals surface area contributed by atoms with Crippen molar-refractivity contribution in [2.75, 3.05) is 20.1 Å². The summed E-state index contributed by atoms with van der Waals surface area (Å²) >= 11 is 0. The number of amides is 5. The van der Waals surface area contributed by atoms with E-state index in [2.05, 4.69) is 15.6 Å². The summed E-state index contributed by atoms with van der Waals surface area (Å²) in [5.41, 5.74) is 10.7. The summed E-state index contributed by atoms with van der Waals surface area (Å²) in [5, 5.41) is 23.1. The first-order valence-electron chi connectivity index (χ1n) is 11.1. The first kappa shape index (κ1) is 28.5. The van der Waals surface area contributed by atoms with Crippen LogP contribution in [0.3, 0.4) is 0 Å². The minimum absolute atomic E-state index is 0.112. The van der Waals surface area contributed by atoms with Gasteiger partial charge in [-0.2, -0.15) is 0 Å². The molecule has 0 bridgehead atoms. The van der Waals surface area contributed by atoms with Crippen molar-refractivity contribution >= 4 is 41.7 Å². The number of hydrogen-bond donors (Lipinski definition) is 6. The maximum Gasteiger partial charge on any atom is 0.330 e. The second-order valence-electron chi connectivity index (χ2n) is 8.19. The lowest BCUT2D eigenvalue weighted by Crippen LogP contribution is -2.52. The number of hydrogen-bond acceptors (Lipinski definition) is 7. The molecule has 0 spiro atoms. The number of carboxylic acid groups (broad SMARTS) is 2. The number of nitrogens with two attached hydrogens (primary N) is 2. The third-order valence-corrected chi connectivity index (χ3v) is 5.48. The van der Waals surface area contributed by atoms with E-state index in [1.807, 2.05) is 0 Å². The maximum absolute atomic E-state index is 12.7. The van der Waals surface area contributed by atoms with Gasteiger partial charge < -0.3 is 37.2 Å². The summed E-state index contributed by atoms with van der Waals surface area (Å²) in [4.78, 5) is 79.2. The molecule has 1 fully saturated rings. The molecular weight excluding hydrogens is 490 g/mol. The Balaban J connectivity index is 2.07. The Kier molecular flexibility index (Phi) is 9.92. The minimum Gasteiger partial charge on any atom is -0.481 e. The summed E-state index contributed by atoms with van der Waals surface area (Å²) in [6.45, 7) is -0.530. The van der Waals surface area contributed by atoms with Crippen molar-refractivity contribution in [3.63, 3.8) is 0 Å². The Morgan fingerprint density at radius 1 is 1.08 bits per heavy atom. The first-order valence-corrected chi connectivity index (χ1v) is 11.1. The summed E-state index contributed by atoms with van der Waals surface area (Å²) in [5.74, 6) is -5.66. The Morgan fingerprint density at radius 2 is 1.73 bits per heavy atom. The van der Waals surface area contributed by atoms with Gasteiger partial charge in [-0.1, -0.05) is 30.3 Å². The summed E-state index contributed by atoms with van der Waals surface area (Å²) in [6, 6.07) is 2.90. The number of nitrogens with zero attached hydrogens (tertiary/aromatic N) is 3. The van der Waals surface area contributed by atoms with Crippen LogP contribution in [0.5, 0.6) is 0 Å². The lowest BCUT2D eigenvalue weighted by Gasteiger charge is -2.21. The number of carbonyl (C=O) groups is 6. The fraction of sp³-hybridized carbons (Fsp3) is 0.409. The third kappa shape index (κ3) is 7.91. The number of imide groups is 1. The number of likely N-dealkylation sites (N-methyl/N-ethyl adjacent to an activating group) is 1. The van der Waals surface area contributed by atoms with Crippen LogP contribution in [-0.2, 0) is 24.0 Å². The van der Waals surface area contributed by atoms with Gasteiger partial charge in [0.25, 0.3) is 5.91 Å². The second-order valence-corrected chi connectivity index (χ2v) is 8.19. The molecule has 1 aromatic carbocycles. The quantitative estimate of drug-likeness (QED) is 0.0740. The fourth-order valence-corrected chi connectivity index (χ4v) is 3.66. The number of urea groups is 1. The Labute approximate surface area is 211 Å². The predicted molar refractivity (Wildman–Crippen MR) is 128 cm³/mol. The number of carbonyl (C=O) groups excluding carboxylic acids is 4. The molecule has 0 radical (unpaired) electrons. The van der Waals surface area contributed by atoms with Crippen molar-refractivity contribution in [2.24, 2.45) is 16.5 Å². The van der Waals surface area contributed by atoms with Crippen LogP contribution in [0.4, 0.5) is 4.79 Å². The molecule has 200 valence electrons. The highest BCUT2D eigenvalue weighted by molar-refractivity contribution is 6.06. The number of benzene rings is 1. The van der Waals surface area contributed by atoms with Crippen LogP contribution >= 0.6 is 0 Å². The number of nitrogens with one attached hydrogen (secondary N) is 2. The molecule has 15 heteroatoms. The summed E-state index contributed by atoms with van der Waals surface area (Å²) in [6.07, 6.45) is -0.247. The smallest absolute Gasteiger partial charge is 0.330 e. The van der Waals surface area contributed by atoms with Crippen LogP contribution in [0.1, 0.15) is 30.9 Å². The molecule has 1 aromatic rings. The lowest BCUT2D eigenvalue weighted by atomic mass is 10.1. The maximum atomic E-state index is 12.7. The van der Waals surface area contributed by atoms with E-state index in [4.69, 9.17) is 11.5 Å². The van der Waals surface area contributed by atoms with E-state index in [0.717, 1.165) is 4.90 Å². The van der Waals surface area contributed by atoms with Crippen molar-refractivity contribution in [3.8, 4) is 0 Å². The summed E-state index contributed by atoms with van der Waals surface area (Å²) < 4.78 is 0. The van der Waals surface area contributed by atoms with E-state index >= 15 is 0 Å². The second kappa shape index (κ2) is 12.9. The molecule has 3 unspecified atom stereocenters. The number of aliphatic imine (C=N–C) groups is 1. The van der Waals surface area contributed by atoms with Crippen LogP contribution in [0.25, 0.3) is 0 Å². The molecule has 8 N–H and O–H groups in total. The third-order valence-electron chi connectivity index (χ3n) is 5.48. The molecule has 1 aliphatic rings. The fourth-order valence-electron chi connectivity index (χ4n) is 3.66. The van der Waals surface area contributed by atoms with E-state index in [1.165, 1.54) is 19.2 Å². The molecule has 5 amide bonds. The lowest BCUT2D eigenvalue weighted by molar-refractivity contribution is -0.143. The molecule has 1 aliphatic heterocycles. The highest BCUT2D eigenvalue weighted by Gasteiger charge is 2.43. The molecule has 15 nitrogen and oxygen atoms in total. The van der Waals surface area contributed by atoms with Crippen molar-refractivity contribution in [1.29, 1.82) is 0 Å². The summed E-state index contributed by atoms with van der Waals surface area (Å²) in [7, 11) is 1.39. The van der Waals surface area contributed by atoms with Gasteiger partial charge in [0.1, 0.15) is 18.6 Å². The standard InChI is InChI=1S/C22H29N7O8/c1-28-14(8-5-9-25-21(23)24)19(34)29(22(28)37)11-15(30)26-13(10-16(31)32)18(33)27-17(20(35)36)12-6-3-2-4-7-12/h2-4,6-7,13-14,17H,5,8-11H2,1H3,(H,26,30)(H,27,33)(H,31,32)(H,35,36)(H4,23,24,25). The zero-order valence-corrected chi connectivity index (χ0v) is 20.0. The van der Waals surface area contributed by atoms with Gasteiger partial charge in [-0.3, -0.25) is 29.1 Å². The molecular formula is C22H29N7O8. The highest BCUT2D eigenvalue weighted by atomic mass is 16.4. The van der Waals surface area contributed by atoms with Crippen molar-refractivity contribution in [3.05, 3.63) is 35.9 Å². The molecule has 1 heterocycles. The van der Waals surface area contributed by atoms with Crippen LogP contribution in [0.15, 0.2) is 35.3 Å². The average molecular weight is 520 g/mol. The van der Waals surface area contributed by atoms with Crippen LogP contribution in [-0.4, -0.2) is 93.9 Å². The van der Waals surface area contributed by atoms with Crippen LogP contribution in [0.2, 0.25) is 0 Å². The van der Waals surface area contributed by atoms with Gasteiger partial charge in [-0.15, -0.1) is 0 Å². The predicted octanol–water partition coefficient (Wildman–Crippen LogP) is -1.80. The Morgan fingerprint density at radius 3 is 2.30 bits per heavy atom. The Bertz CT molecular complexity index is 1070. The molecule has 37 heavy (non-hydrogen) atoms. The van der Waals surface area contributed by atoms with Gasteiger partial charge in [0, 0.05) is 13.6 Å². The number of carboxylic acids is 2. The molecule has 2 rings (SSSR count). The van der Waals surface area contributed by atoms with E-state index < -0.39 is 66.8 Å². The average Bonchev–Trinajstić information content (AvgIpc) is 3.02. The molecule has 0 aromatic heterocycles. The van der Waals surface area contributed by atoms with Crippen LogP contribution < -0.4 is 22.1 Å². The zero-order chi connectivity index (χ0) is 27.7. The van der Waals surface area contributed by atoms with Gasteiger partial charge >= 0.3 is 18.0 Å². The molecule has 0 aliphatic carbocycles. The van der Waals surface area contributed by atoms with Crippen molar-refractivity contribution in [1.82, 2.24) is 20.4 Å². The zero-order valence-electron chi connectivity index (χ0n) is 20.0. The molecule has 1 saturated heterocycles. The minimum atomic E-state index is -1.67. The largest absolute Gasteiger partial charge is 0.481 e. The van der Waals surface area contributed by atoms with E-state index in [-0.39, 0.29) is 24.5 Å². The van der Waals surface area contributed by atoms with Gasteiger partial charge in [0.2, 0.25) is 11.8 Å². The van der Waals surface area contributed by atoms with E-state index in [9.17, 15) is 39.0 Å².